The lowest BCUT2D eigenvalue weighted by Gasteiger charge is -2.08. The third-order valence-corrected chi connectivity index (χ3v) is 3.51. The molecular formula is C17H18N6O2. The first kappa shape index (κ1) is 16.4. The van der Waals surface area contributed by atoms with Crippen LogP contribution in [0, 0.1) is 0 Å². The van der Waals surface area contributed by atoms with Gasteiger partial charge in [-0.3, -0.25) is 10.3 Å². The molecule has 1 aromatic carbocycles. The van der Waals surface area contributed by atoms with E-state index in [0.29, 0.717) is 40.7 Å². The van der Waals surface area contributed by atoms with Gasteiger partial charge in [0.15, 0.2) is 5.65 Å². The van der Waals surface area contributed by atoms with Crippen LogP contribution in [0.4, 0.5) is 16.3 Å². The molecule has 0 saturated heterocycles. The highest BCUT2D eigenvalue weighted by atomic mass is 16.5. The zero-order valence-electron chi connectivity index (χ0n) is 13.9. The van der Waals surface area contributed by atoms with Crippen molar-refractivity contribution < 1.29 is 9.53 Å². The summed E-state index contributed by atoms with van der Waals surface area (Å²) in [6.07, 6.45) is 1.66. The van der Waals surface area contributed by atoms with Gasteiger partial charge in [0.25, 0.3) is 0 Å². The first-order valence-electron chi connectivity index (χ1n) is 7.73. The maximum Gasteiger partial charge on any atom is 0.320 e. The number of anilines is 2. The van der Waals surface area contributed by atoms with Gasteiger partial charge in [-0.15, -0.1) is 0 Å². The van der Waals surface area contributed by atoms with E-state index in [9.17, 15) is 4.79 Å². The second kappa shape index (κ2) is 7.00. The fraction of sp³-hybridized carbons (Fsp3) is 0.176. The van der Waals surface area contributed by atoms with E-state index in [1.165, 1.54) is 0 Å². The number of nitrogen functional groups attached to an aromatic ring is 1. The Kier molecular flexibility index (Phi) is 4.60. The minimum atomic E-state index is -0.318. The van der Waals surface area contributed by atoms with Crippen molar-refractivity contribution in [2.24, 2.45) is 0 Å². The number of hydrogen-bond acceptors (Lipinski definition) is 6. The molecule has 128 valence electrons. The summed E-state index contributed by atoms with van der Waals surface area (Å²) in [5, 5.41) is 5.30. The average Bonchev–Trinajstić information content (AvgIpc) is 2.61. The van der Waals surface area contributed by atoms with Crippen LogP contribution >= 0.6 is 0 Å². The molecule has 0 bridgehead atoms. The Labute approximate surface area is 144 Å². The Morgan fingerprint density at radius 1 is 1.24 bits per heavy atom. The predicted octanol–water partition coefficient (Wildman–Crippen LogP) is 2.42. The Bertz CT molecular complexity index is 928. The van der Waals surface area contributed by atoms with Gasteiger partial charge in [-0.1, -0.05) is 6.07 Å². The molecule has 2 aromatic heterocycles. The second-order valence-corrected chi connectivity index (χ2v) is 5.24. The lowest BCUT2D eigenvalue weighted by molar-refractivity contribution is 0.252. The van der Waals surface area contributed by atoms with Crippen LogP contribution in [0.25, 0.3) is 22.4 Å². The molecule has 4 N–H and O–H groups in total. The van der Waals surface area contributed by atoms with Gasteiger partial charge < -0.3 is 15.8 Å². The Morgan fingerprint density at radius 2 is 2.08 bits per heavy atom. The van der Waals surface area contributed by atoms with Crippen molar-refractivity contribution in [2.45, 2.75) is 6.92 Å². The van der Waals surface area contributed by atoms with E-state index in [0.717, 1.165) is 5.56 Å². The fourth-order valence-corrected chi connectivity index (χ4v) is 2.30. The van der Waals surface area contributed by atoms with Crippen molar-refractivity contribution in [3.8, 4) is 17.0 Å². The summed E-state index contributed by atoms with van der Waals surface area (Å²) in [4.78, 5) is 24.8. The number of carbonyl (C=O) groups is 1. The van der Waals surface area contributed by atoms with E-state index in [1.54, 1.807) is 37.6 Å². The number of ether oxygens (including phenoxy) is 1. The van der Waals surface area contributed by atoms with Gasteiger partial charge in [-0.2, -0.15) is 0 Å². The molecule has 0 aliphatic heterocycles. The lowest BCUT2D eigenvalue weighted by Crippen LogP contribution is -2.28. The summed E-state index contributed by atoms with van der Waals surface area (Å²) in [6, 6.07) is 8.50. The van der Waals surface area contributed by atoms with Crippen LogP contribution in [0.1, 0.15) is 6.92 Å². The quantitative estimate of drug-likeness (QED) is 0.629. The van der Waals surface area contributed by atoms with Crippen LogP contribution in [-0.2, 0) is 0 Å². The Hall–Kier alpha value is -3.42. The summed E-state index contributed by atoms with van der Waals surface area (Å²) in [7, 11) is 1.56. The van der Waals surface area contributed by atoms with Gasteiger partial charge >= 0.3 is 6.03 Å². The predicted molar refractivity (Wildman–Crippen MR) is 96.4 cm³/mol. The topological polar surface area (TPSA) is 115 Å². The molecule has 8 nitrogen and oxygen atoms in total. The number of carbonyl (C=O) groups excluding carboxylic acids is 1. The summed E-state index contributed by atoms with van der Waals surface area (Å²) in [5.74, 6) is 0.971. The zero-order chi connectivity index (χ0) is 17.8. The third-order valence-electron chi connectivity index (χ3n) is 3.51. The first-order valence-corrected chi connectivity index (χ1v) is 7.73. The van der Waals surface area contributed by atoms with Gasteiger partial charge in [0, 0.05) is 12.1 Å². The standard InChI is InChI=1S/C17H18N6O2/c1-3-19-17(24)23-15-7-6-12-16(22-15)21-13(9-20-12)10-4-5-11(18)14(8-10)25-2/h4-9H,3,18H2,1-2H3,(H2,19,21,22,23,24). The van der Waals surface area contributed by atoms with Gasteiger partial charge in [0.1, 0.15) is 17.1 Å². The van der Waals surface area contributed by atoms with E-state index in [4.69, 9.17) is 10.5 Å². The monoisotopic (exact) mass is 338 g/mol. The number of amides is 2. The van der Waals surface area contributed by atoms with Crippen molar-refractivity contribution in [3.63, 3.8) is 0 Å². The lowest BCUT2D eigenvalue weighted by atomic mass is 10.1. The average molecular weight is 338 g/mol. The maximum atomic E-state index is 11.6. The minimum absolute atomic E-state index is 0.318. The molecule has 25 heavy (non-hydrogen) atoms. The highest BCUT2D eigenvalue weighted by molar-refractivity contribution is 5.89. The normalized spacial score (nSPS) is 10.5. The molecule has 2 amide bonds. The molecule has 0 aliphatic rings. The smallest absolute Gasteiger partial charge is 0.320 e. The van der Waals surface area contributed by atoms with Crippen LogP contribution in [0.2, 0.25) is 0 Å². The number of urea groups is 1. The van der Waals surface area contributed by atoms with Crippen molar-refractivity contribution in [2.75, 3.05) is 24.7 Å². The van der Waals surface area contributed by atoms with Gasteiger partial charge in [0.05, 0.1) is 24.7 Å². The number of benzene rings is 1. The molecular weight excluding hydrogens is 320 g/mol. The summed E-state index contributed by atoms with van der Waals surface area (Å²) in [6.45, 7) is 2.37. The highest BCUT2D eigenvalue weighted by Gasteiger charge is 2.09. The van der Waals surface area contributed by atoms with Crippen LogP contribution in [0.5, 0.6) is 5.75 Å². The number of pyridine rings is 1. The maximum absolute atomic E-state index is 11.6. The van der Waals surface area contributed by atoms with Crippen molar-refractivity contribution in [3.05, 3.63) is 36.5 Å². The fourth-order valence-electron chi connectivity index (χ4n) is 2.30. The van der Waals surface area contributed by atoms with Crippen molar-refractivity contribution in [1.29, 1.82) is 0 Å². The summed E-state index contributed by atoms with van der Waals surface area (Å²) < 4.78 is 5.24. The van der Waals surface area contributed by atoms with E-state index < -0.39 is 0 Å². The minimum Gasteiger partial charge on any atom is -0.495 e. The van der Waals surface area contributed by atoms with Gasteiger partial charge in [0.2, 0.25) is 0 Å². The number of aromatic nitrogens is 3. The molecule has 0 unspecified atom stereocenters. The van der Waals surface area contributed by atoms with E-state index in [1.807, 2.05) is 13.0 Å². The summed E-state index contributed by atoms with van der Waals surface area (Å²) in [5.41, 5.74) is 8.90. The molecule has 0 aliphatic carbocycles. The zero-order valence-corrected chi connectivity index (χ0v) is 13.9. The molecule has 0 atom stereocenters. The van der Waals surface area contributed by atoms with Crippen LogP contribution in [0.3, 0.4) is 0 Å². The van der Waals surface area contributed by atoms with E-state index in [2.05, 4.69) is 25.6 Å². The molecule has 8 heteroatoms. The largest absolute Gasteiger partial charge is 0.495 e. The number of rotatable bonds is 4. The number of hydrogen-bond donors (Lipinski definition) is 3. The Balaban J connectivity index is 1.96. The highest BCUT2D eigenvalue weighted by Crippen LogP contribution is 2.28. The molecule has 0 radical (unpaired) electrons. The number of nitrogens with two attached hydrogens (primary N) is 1. The SMILES string of the molecule is CCNC(=O)Nc1ccc2ncc(-c3ccc(N)c(OC)c3)nc2n1. The molecule has 2 heterocycles. The number of fused-ring (bicyclic) bond motifs is 1. The van der Waals surface area contributed by atoms with E-state index >= 15 is 0 Å². The molecule has 0 spiro atoms. The Morgan fingerprint density at radius 3 is 2.84 bits per heavy atom. The van der Waals surface area contributed by atoms with Crippen molar-refractivity contribution >= 4 is 28.7 Å². The third kappa shape index (κ3) is 3.57. The van der Waals surface area contributed by atoms with E-state index in [-0.39, 0.29) is 6.03 Å². The molecule has 3 aromatic rings. The van der Waals surface area contributed by atoms with Crippen LogP contribution < -0.4 is 21.1 Å². The number of methoxy groups -OCH3 is 1. The molecule has 0 fully saturated rings. The molecule has 0 saturated carbocycles. The second-order valence-electron chi connectivity index (χ2n) is 5.24. The van der Waals surface area contributed by atoms with Crippen molar-refractivity contribution in [1.82, 2.24) is 20.3 Å². The van der Waals surface area contributed by atoms with Gasteiger partial charge in [-0.05, 0) is 31.2 Å². The number of nitrogens with zero attached hydrogens (tertiary/aromatic N) is 3. The summed E-state index contributed by atoms with van der Waals surface area (Å²) >= 11 is 0. The van der Waals surface area contributed by atoms with Crippen LogP contribution in [-0.4, -0.2) is 34.6 Å². The number of nitrogens with one attached hydrogen (secondary N) is 2. The van der Waals surface area contributed by atoms with Crippen LogP contribution in [0.15, 0.2) is 36.5 Å². The molecule has 3 rings (SSSR count). The first-order chi connectivity index (χ1) is 12.1. The van der Waals surface area contributed by atoms with Gasteiger partial charge in [-0.25, -0.2) is 14.8 Å².